The van der Waals surface area contributed by atoms with Crippen LogP contribution in [0.5, 0.6) is 0 Å². The molecular formula is C14H26N2O2. The molecule has 4 unspecified atom stereocenters. The fourth-order valence-corrected chi connectivity index (χ4v) is 3.46. The van der Waals surface area contributed by atoms with E-state index in [0.29, 0.717) is 24.2 Å². The molecule has 18 heavy (non-hydrogen) atoms. The Morgan fingerprint density at radius 2 is 2.22 bits per heavy atom. The molecule has 1 aliphatic heterocycles. The van der Waals surface area contributed by atoms with Gasteiger partial charge in [-0.2, -0.15) is 0 Å². The van der Waals surface area contributed by atoms with Gasteiger partial charge in [-0.05, 0) is 43.6 Å². The minimum absolute atomic E-state index is 0.00237. The summed E-state index contributed by atoms with van der Waals surface area (Å²) in [6.45, 7) is 5.30. The zero-order chi connectivity index (χ0) is 13.1. The minimum Gasteiger partial charge on any atom is -0.396 e. The third-order valence-corrected chi connectivity index (χ3v) is 4.60. The van der Waals surface area contributed by atoms with Crippen LogP contribution in [0.25, 0.3) is 0 Å². The highest BCUT2D eigenvalue weighted by Gasteiger charge is 2.42. The van der Waals surface area contributed by atoms with E-state index in [1.165, 1.54) is 19.3 Å². The van der Waals surface area contributed by atoms with Crippen molar-refractivity contribution in [1.82, 2.24) is 10.6 Å². The molecule has 1 aliphatic carbocycles. The summed E-state index contributed by atoms with van der Waals surface area (Å²) in [5.74, 6) is 1.74. The van der Waals surface area contributed by atoms with E-state index in [4.69, 9.17) is 5.11 Å². The lowest BCUT2D eigenvalue weighted by atomic mass is 9.93. The average molecular weight is 254 g/mol. The zero-order valence-electron chi connectivity index (χ0n) is 11.5. The van der Waals surface area contributed by atoms with Gasteiger partial charge in [-0.3, -0.25) is 4.79 Å². The summed E-state index contributed by atoms with van der Waals surface area (Å²) in [7, 11) is 0. The number of carbonyl (C=O) groups excluding carboxylic acids is 1. The lowest BCUT2D eigenvalue weighted by Crippen LogP contribution is -2.49. The molecule has 4 heteroatoms. The second kappa shape index (κ2) is 6.02. The van der Waals surface area contributed by atoms with E-state index >= 15 is 0 Å². The third-order valence-electron chi connectivity index (χ3n) is 4.60. The van der Waals surface area contributed by atoms with Crippen LogP contribution in [-0.2, 0) is 4.79 Å². The maximum Gasteiger partial charge on any atom is 0.237 e. The van der Waals surface area contributed by atoms with Gasteiger partial charge in [0.1, 0.15) is 0 Å². The highest BCUT2D eigenvalue weighted by molar-refractivity contribution is 5.82. The van der Waals surface area contributed by atoms with E-state index < -0.39 is 0 Å². The van der Waals surface area contributed by atoms with E-state index in [9.17, 15) is 4.79 Å². The van der Waals surface area contributed by atoms with E-state index in [-0.39, 0.29) is 24.6 Å². The van der Waals surface area contributed by atoms with E-state index in [0.717, 1.165) is 6.54 Å². The molecule has 4 nitrogen and oxygen atoms in total. The van der Waals surface area contributed by atoms with Crippen LogP contribution in [-0.4, -0.2) is 36.2 Å². The molecule has 1 heterocycles. The van der Waals surface area contributed by atoms with Crippen LogP contribution in [0.1, 0.15) is 39.5 Å². The van der Waals surface area contributed by atoms with Gasteiger partial charge in [-0.15, -0.1) is 0 Å². The molecule has 0 aromatic rings. The molecule has 0 radical (unpaired) electrons. The first-order valence-electron chi connectivity index (χ1n) is 7.28. The Morgan fingerprint density at radius 1 is 1.44 bits per heavy atom. The normalized spacial score (nSPS) is 32.6. The molecule has 2 fully saturated rings. The van der Waals surface area contributed by atoms with Crippen LogP contribution >= 0.6 is 0 Å². The van der Waals surface area contributed by atoms with Crippen molar-refractivity contribution in [2.45, 2.75) is 51.6 Å². The first-order chi connectivity index (χ1) is 8.63. The van der Waals surface area contributed by atoms with E-state index in [2.05, 4.69) is 24.5 Å². The molecule has 2 aliphatic rings. The van der Waals surface area contributed by atoms with Gasteiger partial charge < -0.3 is 15.7 Å². The largest absolute Gasteiger partial charge is 0.396 e. The van der Waals surface area contributed by atoms with Crippen molar-refractivity contribution in [3.8, 4) is 0 Å². The van der Waals surface area contributed by atoms with Crippen molar-refractivity contribution in [3.05, 3.63) is 0 Å². The summed E-state index contributed by atoms with van der Waals surface area (Å²) < 4.78 is 0. The highest BCUT2D eigenvalue weighted by atomic mass is 16.3. The molecular weight excluding hydrogens is 228 g/mol. The molecule has 1 saturated heterocycles. The number of fused-ring (bicyclic) bond motifs is 1. The van der Waals surface area contributed by atoms with Crippen LogP contribution in [0.15, 0.2) is 0 Å². The molecule has 0 spiro atoms. The van der Waals surface area contributed by atoms with Crippen LogP contribution < -0.4 is 10.6 Å². The maximum atomic E-state index is 12.3. The van der Waals surface area contributed by atoms with Crippen molar-refractivity contribution in [2.24, 2.45) is 17.8 Å². The van der Waals surface area contributed by atoms with E-state index in [1.807, 2.05) is 0 Å². The van der Waals surface area contributed by atoms with Gasteiger partial charge in [0.05, 0.1) is 6.04 Å². The summed E-state index contributed by atoms with van der Waals surface area (Å²) in [6, 6.07) is 0.0854. The molecule has 2 rings (SSSR count). The first-order valence-corrected chi connectivity index (χ1v) is 7.28. The predicted molar refractivity (Wildman–Crippen MR) is 71.1 cm³/mol. The fourth-order valence-electron chi connectivity index (χ4n) is 3.46. The van der Waals surface area contributed by atoms with Gasteiger partial charge in [0.25, 0.3) is 0 Å². The Balaban J connectivity index is 1.90. The Kier molecular flexibility index (Phi) is 4.62. The molecule has 0 aromatic heterocycles. The summed E-state index contributed by atoms with van der Waals surface area (Å²) in [5.41, 5.74) is 0. The summed E-state index contributed by atoms with van der Waals surface area (Å²) in [4.78, 5) is 12.3. The van der Waals surface area contributed by atoms with Crippen molar-refractivity contribution < 1.29 is 9.90 Å². The molecule has 3 N–H and O–H groups in total. The number of amides is 1. The average Bonchev–Trinajstić information content (AvgIpc) is 2.89. The van der Waals surface area contributed by atoms with Gasteiger partial charge in [0.15, 0.2) is 0 Å². The monoisotopic (exact) mass is 254 g/mol. The van der Waals surface area contributed by atoms with Crippen molar-refractivity contribution >= 4 is 5.91 Å². The number of rotatable bonds is 5. The minimum atomic E-state index is -0.00237. The third kappa shape index (κ3) is 2.86. The number of carbonyl (C=O) groups is 1. The number of hydrogen-bond acceptors (Lipinski definition) is 3. The van der Waals surface area contributed by atoms with Gasteiger partial charge in [0.2, 0.25) is 5.91 Å². The van der Waals surface area contributed by atoms with Gasteiger partial charge >= 0.3 is 0 Å². The molecule has 1 amide bonds. The number of aliphatic hydroxyl groups excluding tert-OH is 1. The Hall–Kier alpha value is -0.610. The zero-order valence-corrected chi connectivity index (χ0v) is 11.5. The molecule has 104 valence electrons. The highest BCUT2D eigenvalue weighted by Crippen LogP contribution is 2.37. The number of aliphatic hydroxyl groups is 1. The Morgan fingerprint density at radius 3 is 2.89 bits per heavy atom. The van der Waals surface area contributed by atoms with Crippen LogP contribution in [0, 0.1) is 17.8 Å². The van der Waals surface area contributed by atoms with Crippen LogP contribution in [0.2, 0.25) is 0 Å². The molecule has 0 bridgehead atoms. The number of nitrogens with one attached hydrogen (secondary N) is 2. The van der Waals surface area contributed by atoms with Crippen LogP contribution in [0.4, 0.5) is 0 Å². The summed E-state index contributed by atoms with van der Waals surface area (Å²) in [6.07, 6.45) is 4.36. The lowest BCUT2D eigenvalue weighted by Gasteiger charge is -2.25. The van der Waals surface area contributed by atoms with E-state index in [1.54, 1.807) is 0 Å². The number of hydrogen-bond donors (Lipinski definition) is 3. The van der Waals surface area contributed by atoms with Crippen molar-refractivity contribution in [3.63, 3.8) is 0 Å². The molecule has 1 saturated carbocycles. The van der Waals surface area contributed by atoms with Gasteiger partial charge in [0, 0.05) is 12.6 Å². The second-order valence-corrected chi connectivity index (χ2v) is 6.11. The first kappa shape index (κ1) is 13.8. The quantitative estimate of drug-likeness (QED) is 0.683. The smallest absolute Gasteiger partial charge is 0.237 e. The van der Waals surface area contributed by atoms with Gasteiger partial charge in [-0.1, -0.05) is 20.3 Å². The summed E-state index contributed by atoms with van der Waals surface area (Å²) >= 11 is 0. The summed E-state index contributed by atoms with van der Waals surface area (Å²) in [5, 5.41) is 15.5. The predicted octanol–water partition coefficient (Wildman–Crippen LogP) is 0.898. The second-order valence-electron chi connectivity index (χ2n) is 6.11. The fraction of sp³-hybridized carbons (Fsp3) is 0.929. The van der Waals surface area contributed by atoms with Crippen molar-refractivity contribution in [1.29, 1.82) is 0 Å². The maximum absolute atomic E-state index is 12.3. The topological polar surface area (TPSA) is 61.4 Å². The van der Waals surface area contributed by atoms with Crippen LogP contribution in [0.3, 0.4) is 0 Å². The molecule has 0 aromatic carbocycles. The molecule has 4 atom stereocenters. The van der Waals surface area contributed by atoms with Gasteiger partial charge in [-0.25, -0.2) is 0 Å². The Bertz CT molecular complexity index is 294. The Labute approximate surface area is 110 Å². The SMILES string of the molecule is CC(C)C(CCO)NC(=O)C1NCC2CCCC21. The standard InChI is InChI=1S/C14H26N2O2/c1-9(2)12(6-7-17)16-14(18)13-11-5-3-4-10(11)8-15-13/h9-13,15,17H,3-8H2,1-2H3,(H,16,18). The van der Waals surface area contributed by atoms with Crippen molar-refractivity contribution in [2.75, 3.05) is 13.2 Å². The lowest BCUT2D eigenvalue weighted by molar-refractivity contribution is -0.124.